The molecule has 0 radical (unpaired) electrons. The second-order valence-electron chi connectivity index (χ2n) is 5.25. The summed E-state index contributed by atoms with van der Waals surface area (Å²) in [4.78, 5) is 12.2. The van der Waals surface area contributed by atoms with Crippen molar-refractivity contribution in [3.05, 3.63) is 23.8 Å². The summed E-state index contributed by atoms with van der Waals surface area (Å²) >= 11 is 6.03. The first-order valence-corrected chi connectivity index (χ1v) is 8.16. The maximum atomic E-state index is 12.2. The second kappa shape index (κ2) is 8.93. The molecule has 0 saturated carbocycles. The molecule has 0 heterocycles. The van der Waals surface area contributed by atoms with Gasteiger partial charge in [0.25, 0.3) is 0 Å². The zero-order valence-corrected chi connectivity index (χ0v) is 14.2. The molecule has 1 aromatic carbocycles. The average Bonchev–Trinajstić information content (AvgIpc) is 2.42. The van der Waals surface area contributed by atoms with Crippen LogP contribution in [-0.2, 0) is 11.2 Å². The summed E-state index contributed by atoms with van der Waals surface area (Å²) in [5.74, 6) is 0.813. The van der Waals surface area contributed by atoms with Gasteiger partial charge < -0.3 is 10.1 Å². The Morgan fingerprint density at radius 2 is 1.95 bits per heavy atom. The van der Waals surface area contributed by atoms with Gasteiger partial charge in [-0.15, -0.1) is 11.6 Å². The van der Waals surface area contributed by atoms with Crippen LogP contribution in [0.15, 0.2) is 18.2 Å². The lowest BCUT2D eigenvalue weighted by Crippen LogP contribution is -2.22. The Balaban J connectivity index is 2.92. The average molecular weight is 312 g/mol. The van der Waals surface area contributed by atoms with Crippen LogP contribution in [-0.4, -0.2) is 17.9 Å². The highest BCUT2D eigenvalue weighted by Gasteiger charge is 2.16. The molecular weight excluding hydrogens is 286 g/mol. The van der Waals surface area contributed by atoms with Crippen LogP contribution in [0.2, 0.25) is 0 Å². The SMILES string of the molecule is CCOc1cc(CC(C)Cl)ccc1NC(=O)C(CC)CC. The number of carbonyl (C=O) groups excluding carboxylic acids is 1. The molecule has 1 unspecified atom stereocenters. The zero-order valence-electron chi connectivity index (χ0n) is 13.4. The van der Waals surface area contributed by atoms with Crippen molar-refractivity contribution < 1.29 is 9.53 Å². The number of rotatable bonds is 8. The van der Waals surface area contributed by atoms with Crippen LogP contribution in [0.4, 0.5) is 5.69 Å². The summed E-state index contributed by atoms with van der Waals surface area (Å²) in [5.41, 5.74) is 1.85. The monoisotopic (exact) mass is 311 g/mol. The Bertz CT molecular complexity index is 456. The van der Waals surface area contributed by atoms with Crippen LogP contribution in [0.5, 0.6) is 5.75 Å². The van der Waals surface area contributed by atoms with E-state index in [1.54, 1.807) is 0 Å². The third-order valence-electron chi connectivity index (χ3n) is 3.48. The molecule has 0 aliphatic carbocycles. The first-order valence-electron chi connectivity index (χ1n) is 7.72. The minimum atomic E-state index is 0.0435. The maximum absolute atomic E-state index is 12.2. The highest BCUT2D eigenvalue weighted by Crippen LogP contribution is 2.28. The topological polar surface area (TPSA) is 38.3 Å². The third kappa shape index (κ3) is 5.58. The van der Waals surface area contributed by atoms with Gasteiger partial charge in [0.05, 0.1) is 12.3 Å². The van der Waals surface area contributed by atoms with E-state index in [0.717, 1.165) is 30.5 Å². The van der Waals surface area contributed by atoms with Gasteiger partial charge >= 0.3 is 0 Å². The molecule has 0 aromatic heterocycles. The van der Waals surface area contributed by atoms with Crippen LogP contribution < -0.4 is 10.1 Å². The van der Waals surface area contributed by atoms with Crippen molar-refractivity contribution in [2.45, 2.75) is 52.3 Å². The standard InChI is InChI=1S/C17H26ClNO2/c1-5-14(6-2)17(20)19-15-9-8-13(10-12(4)18)11-16(15)21-7-3/h8-9,11-12,14H,5-7,10H2,1-4H3,(H,19,20). The number of anilines is 1. The van der Waals surface area contributed by atoms with Crippen LogP contribution in [0.25, 0.3) is 0 Å². The fourth-order valence-electron chi connectivity index (χ4n) is 2.29. The van der Waals surface area contributed by atoms with E-state index in [4.69, 9.17) is 16.3 Å². The lowest BCUT2D eigenvalue weighted by Gasteiger charge is -2.17. The molecule has 1 aromatic rings. The summed E-state index contributed by atoms with van der Waals surface area (Å²) in [6, 6.07) is 5.86. The number of carbonyl (C=O) groups is 1. The minimum Gasteiger partial charge on any atom is -0.492 e. The predicted molar refractivity (Wildman–Crippen MR) is 89.3 cm³/mol. The Kier molecular flexibility index (Phi) is 7.58. The van der Waals surface area contributed by atoms with Crippen molar-refractivity contribution in [2.75, 3.05) is 11.9 Å². The molecule has 21 heavy (non-hydrogen) atoms. The largest absolute Gasteiger partial charge is 0.492 e. The maximum Gasteiger partial charge on any atom is 0.227 e. The van der Waals surface area contributed by atoms with E-state index in [1.807, 2.05) is 45.9 Å². The molecule has 0 saturated heterocycles. The molecule has 0 aliphatic rings. The number of alkyl halides is 1. The Hall–Kier alpha value is -1.22. The van der Waals surface area contributed by atoms with Crippen LogP contribution in [0.3, 0.4) is 0 Å². The lowest BCUT2D eigenvalue weighted by molar-refractivity contribution is -0.120. The molecule has 1 atom stereocenters. The van der Waals surface area contributed by atoms with E-state index >= 15 is 0 Å². The summed E-state index contributed by atoms with van der Waals surface area (Å²) in [6.45, 7) is 8.52. The smallest absolute Gasteiger partial charge is 0.227 e. The summed E-state index contributed by atoms with van der Waals surface area (Å²) in [5, 5.41) is 3.05. The predicted octanol–water partition coefficient (Wildman–Crippen LogP) is 4.63. The molecule has 0 aliphatic heterocycles. The molecule has 3 nitrogen and oxygen atoms in total. The molecule has 0 fully saturated rings. The van der Waals surface area contributed by atoms with E-state index in [1.165, 1.54) is 0 Å². The number of hydrogen-bond acceptors (Lipinski definition) is 2. The van der Waals surface area contributed by atoms with Gasteiger partial charge in [0.2, 0.25) is 5.91 Å². The van der Waals surface area contributed by atoms with Gasteiger partial charge in [-0.05, 0) is 50.8 Å². The Morgan fingerprint density at radius 1 is 1.29 bits per heavy atom. The fourth-order valence-corrected chi connectivity index (χ4v) is 2.47. The first kappa shape index (κ1) is 17.8. The van der Waals surface area contributed by atoms with E-state index in [2.05, 4.69) is 5.32 Å². The van der Waals surface area contributed by atoms with E-state index in [0.29, 0.717) is 12.4 Å². The van der Waals surface area contributed by atoms with Crippen molar-refractivity contribution in [1.82, 2.24) is 0 Å². The molecule has 1 N–H and O–H groups in total. The van der Waals surface area contributed by atoms with Gasteiger partial charge in [-0.1, -0.05) is 19.9 Å². The Morgan fingerprint density at radius 3 is 2.48 bits per heavy atom. The number of hydrogen-bond donors (Lipinski definition) is 1. The third-order valence-corrected chi connectivity index (χ3v) is 3.63. The van der Waals surface area contributed by atoms with Gasteiger partial charge in [0.1, 0.15) is 5.75 Å². The van der Waals surface area contributed by atoms with Crippen molar-refractivity contribution in [3.63, 3.8) is 0 Å². The molecule has 1 rings (SSSR count). The normalized spacial score (nSPS) is 12.3. The van der Waals surface area contributed by atoms with Gasteiger partial charge in [0.15, 0.2) is 0 Å². The fraction of sp³-hybridized carbons (Fsp3) is 0.588. The number of ether oxygens (including phenoxy) is 1. The van der Waals surface area contributed by atoms with Crippen molar-refractivity contribution in [1.29, 1.82) is 0 Å². The van der Waals surface area contributed by atoms with E-state index < -0.39 is 0 Å². The van der Waals surface area contributed by atoms with Gasteiger partial charge in [0, 0.05) is 11.3 Å². The molecule has 0 spiro atoms. The minimum absolute atomic E-state index is 0.0435. The molecule has 0 bridgehead atoms. The lowest BCUT2D eigenvalue weighted by atomic mass is 10.0. The molecular formula is C17H26ClNO2. The van der Waals surface area contributed by atoms with Crippen molar-refractivity contribution >= 4 is 23.2 Å². The summed E-state index contributed by atoms with van der Waals surface area (Å²) in [6.07, 6.45) is 2.46. The van der Waals surface area contributed by atoms with Gasteiger partial charge in [-0.3, -0.25) is 4.79 Å². The van der Waals surface area contributed by atoms with Crippen molar-refractivity contribution in [2.24, 2.45) is 5.92 Å². The van der Waals surface area contributed by atoms with Crippen molar-refractivity contribution in [3.8, 4) is 5.75 Å². The molecule has 4 heteroatoms. The molecule has 118 valence electrons. The first-order chi connectivity index (χ1) is 10.0. The van der Waals surface area contributed by atoms with Crippen LogP contribution >= 0.6 is 11.6 Å². The van der Waals surface area contributed by atoms with Gasteiger partial charge in [-0.25, -0.2) is 0 Å². The summed E-state index contributed by atoms with van der Waals surface area (Å²) in [7, 11) is 0. The number of amides is 1. The highest BCUT2D eigenvalue weighted by atomic mass is 35.5. The number of nitrogens with one attached hydrogen (secondary N) is 1. The van der Waals surface area contributed by atoms with Crippen LogP contribution in [0, 0.1) is 5.92 Å². The highest BCUT2D eigenvalue weighted by molar-refractivity contribution is 6.20. The summed E-state index contributed by atoms with van der Waals surface area (Å²) < 4.78 is 5.65. The second-order valence-corrected chi connectivity index (χ2v) is 6.00. The number of benzene rings is 1. The number of halogens is 1. The quantitative estimate of drug-likeness (QED) is 0.711. The van der Waals surface area contributed by atoms with E-state index in [9.17, 15) is 4.79 Å². The van der Waals surface area contributed by atoms with E-state index in [-0.39, 0.29) is 17.2 Å². The molecule has 1 amide bonds. The van der Waals surface area contributed by atoms with Gasteiger partial charge in [-0.2, -0.15) is 0 Å². The zero-order chi connectivity index (χ0) is 15.8. The van der Waals surface area contributed by atoms with Crippen LogP contribution in [0.1, 0.15) is 46.1 Å². The Labute approximate surface area is 133 Å².